The predicted molar refractivity (Wildman–Crippen MR) is 53.5 cm³/mol. The van der Waals surface area contributed by atoms with E-state index >= 15 is 0 Å². The number of nitrogens with zero attached hydrogens (tertiary/aromatic N) is 2. The fourth-order valence-corrected chi connectivity index (χ4v) is 1.05. The fraction of sp³-hybridized carbons (Fsp3) is 0.444. The zero-order valence-electron chi connectivity index (χ0n) is 9.01. The van der Waals surface area contributed by atoms with Crippen LogP contribution in [0.2, 0.25) is 0 Å². The number of carbonyl (C=O) groups is 2. The van der Waals surface area contributed by atoms with Crippen molar-refractivity contribution >= 4 is 12.0 Å². The quantitative estimate of drug-likeness (QED) is 0.749. The van der Waals surface area contributed by atoms with Crippen LogP contribution in [-0.4, -0.2) is 33.8 Å². The molecule has 7 nitrogen and oxygen atoms in total. The van der Waals surface area contributed by atoms with E-state index < -0.39 is 12.0 Å². The fourth-order valence-electron chi connectivity index (χ4n) is 1.05. The summed E-state index contributed by atoms with van der Waals surface area (Å²) >= 11 is 0. The van der Waals surface area contributed by atoms with Crippen LogP contribution in [0.3, 0.4) is 0 Å². The minimum atomic E-state index is -1.22. The van der Waals surface area contributed by atoms with E-state index in [4.69, 9.17) is 5.11 Å². The molecular weight excluding hydrogens is 214 g/mol. The molecule has 0 aromatic carbocycles. The standard InChI is InChI=1S/C9H13N3O4/c1-6(2)5-12(9(14)15)11-8(13)7-3-4-10-16-7/h3-4,6H,5H2,1-2H3,(H,11,13)(H,14,15). The molecule has 0 aliphatic carbocycles. The van der Waals surface area contributed by atoms with Crippen molar-refractivity contribution in [2.45, 2.75) is 13.8 Å². The SMILES string of the molecule is CC(C)CN(NC(=O)c1ccno1)C(=O)O. The molecule has 1 heterocycles. The van der Waals surface area contributed by atoms with Crippen LogP contribution in [0, 0.1) is 5.92 Å². The Morgan fingerprint density at radius 1 is 1.62 bits per heavy atom. The van der Waals surface area contributed by atoms with Crippen LogP contribution in [0.5, 0.6) is 0 Å². The average molecular weight is 227 g/mol. The zero-order valence-corrected chi connectivity index (χ0v) is 9.01. The second kappa shape index (κ2) is 5.15. The lowest BCUT2D eigenvalue weighted by Crippen LogP contribution is -2.47. The van der Waals surface area contributed by atoms with E-state index in [0.29, 0.717) is 0 Å². The van der Waals surface area contributed by atoms with Crippen molar-refractivity contribution < 1.29 is 19.2 Å². The van der Waals surface area contributed by atoms with E-state index in [9.17, 15) is 9.59 Å². The second-order valence-electron chi connectivity index (χ2n) is 3.60. The number of carboxylic acid groups (broad SMARTS) is 1. The molecule has 0 radical (unpaired) electrons. The van der Waals surface area contributed by atoms with Gasteiger partial charge in [-0.2, -0.15) is 0 Å². The summed E-state index contributed by atoms with van der Waals surface area (Å²) in [4.78, 5) is 22.3. The Balaban J connectivity index is 2.62. The van der Waals surface area contributed by atoms with Gasteiger partial charge in [0.05, 0.1) is 6.20 Å². The molecule has 88 valence electrons. The van der Waals surface area contributed by atoms with Crippen LogP contribution in [0.1, 0.15) is 24.4 Å². The van der Waals surface area contributed by atoms with Crippen molar-refractivity contribution in [3.05, 3.63) is 18.0 Å². The van der Waals surface area contributed by atoms with E-state index in [0.717, 1.165) is 5.01 Å². The first-order valence-corrected chi connectivity index (χ1v) is 4.73. The van der Waals surface area contributed by atoms with Gasteiger partial charge in [-0.05, 0) is 5.92 Å². The molecule has 0 bridgehead atoms. The van der Waals surface area contributed by atoms with E-state index in [-0.39, 0.29) is 18.2 Å². The number of rotatable bonds is 3. The third-order valence-electron chi connectivity index (χ3n) is 1.68. The van der Waals surface area contributed by atoms with Crippen molar-refractivity contribution in [1.29, 1.82) is 0 Å². The van der Waals surface area contributed by atoms with Crippen LogP contribution in [0.4, 0.5) is 4.79 Å². The molecule has 0 saturated heterocycles. The van der Waals surface area contributed by atoms with Crippen molar-refractivity contribution in [3.8, 4) is 0 Å². The molecule has 0 saturated carbocycles. The Morgan fingerprint density at radius 2 is 2.31 bits per heavy atom. The highest BCUT2D eigenvalue weighted by Gasteiger charge is 2.18. The highest BCUT2D eigenvalue weighted by atomic mass is 16.5. The van der Waals surface area contributed by atoms with Gasteiger partial charge in [0.15, 0.2) is 0 Å². The molecule has 0 aliphatic rings. The van der Waals surface area contributed by atoms with Gasteiger partial charge in [0, 0.05) is 12.6 Å². The normalized spacial score (nSPS) is 10.2. The molecule has 2 N–H and O–H groups in total. The van der Waals surface area contributed by atoms with Crippen molar-refractivity contribution in [2.75, 3.05) is 6.54 Å². The second-order valence-corrected chi connectivity index (χ2v) is 3.60. The van der Waals surface area contributed by atoms with Crippen LogP contribution >= 0.6 is 0 Å². The third kappa shape index (κ3) is 3.26. The Hall–Kier alpha value is -2.05. The van der Waals surface area contributed by atoms with Crippen LogP contribution in [0.15, 0.2) is 16.8 Å². The van der Waals surface area contributed by atoms with Gasteiger partial charge in [0.2, 0.25) is 5.76 Å². The summed E-state index contributed by atoms with van der Waals surface area (Å²) in [6, 6.07) is 1.35. The van der Waals surface area contributed by atoms with Crippen LogP contribution in [0.25, 0.3) is 0 Å². The number of nitrogens with one attached hydrogen (secondary N) is 1. The average Bonchev–Trinajstić information content (AvgIpc) is 2.68. The maximum Gasteiger partial charge on any atom is 0.426 e. The smallest absolute Gasteiger partial charge is 0.426 e. The molecule has 0 spiro atoms. The van der Waals surface area contributed by atoms with Crippen molar-refractivity contribution in [1.82, 2.24) is 15.6 Å². The summed E-state index contributed by atoms with van der Waals surface area (Å²) in [7, 11) is 0. The monoisotopic (exact) mass is 227 g/mol. The van der Waals surface area contributed by atoms with Crippen molar-refractivity contribution in [2.24, 2.45) is 5.92 Å². The summed E-state index contributed by atoms with van der Waals surface area (Å²) in [6.45, 7) is 3.89. The Bertz CT molecular complexity index is 361. The van der Waals surface area contributed by atoms with Gasteiger partial charge >= 0.3 is 12.0 Å². The Morgan fingerprint density at radius 3 is 2.75 bits per heavy atom. The number of amides is 2. The maximum absolute atomic E-state index is 11.5. The largest absolute Gasteiger partial charge is 0.464 e. The van der Waals surface area contributed by atoms with Crippen LogP contribution < -0.4 is 5.43 Å². The Kier molecular flexibility index (Phi) is 3.87. The van der Waals surface area contributed by atoms with Gasteiger partial charge in [-0.3, -0.25) is 10.2 Å². The van der Waals surface area contributed by atoms with Gasteiger partial charge in [-0.1, -0.05) is 19.0 Å². The lowest BCUT2D eigenvalue weighted by atomic mass is 10.2. The molecular formula is C9H13N3O4. The predicted octanol–water partition coefficient (Wildman–Crippen LogP) is 0.955. The minimum Gasteiger partial charge on any atom is -0.464 e. The highest BCUT2D eigenvalue weighted by molar-refractivity contribution is 5.91. The summed E-state index contributed by atoms with van der Waals surface area (Å²) in [5.74, 6) is -0.568. The van der Waals surface area contributed by atoms with Gasteiger partial charge in [0.25, 0.3) is 0 Å². The highest BCUT2D eigenvalue weighted by Crippen LogP contribution is 2.00. The maximum atomic E-state index is 11.5. The lowest BCUT2D eigenvalue weighted by Gasteiger charge is -2.20. The molecule has 0 atom stereocenters. The van der Waals surface area contributed by atoms with Crippen LogP contribution in [-0.2, 0) is 0 Å². The molecule has 0 unspecified atom stereocenters. The van der Waals surface area contributed by atoms with E-state index in [2.05, 4.69) is 15.1 Å². The third-order valence-corrected chi connectivity index (χ3v) is 1.68. The molecule has 2 amide bonds. The Labute approximate surface area is 92.0 Å². The van der Waals surface area contributed by atoms with Gasteiger partial charge in [0.1, 0.15) is 0 Å². The van der Waals surface area contributed by atoms with Crippen molar-refractivity contribution in [3.63, 3.8) is 0 Å². The first-order chi connectivity index (χ1) is 7.50. The lowest BCUT2D eigenvalue weighted by molar-refractivity contribution is 0.0699. The van der Waals surface area contributed by atoms with Gasteiger partial charge in [-0.25, -0.2) is 9.80 Å². The molecule has 1 aromatic heterocycles. The summed E-state index contributed by atoms with van der Waals surface area (Å²) < 4.78 is 4.60. The van der Waals surface area contributed by atoms with E-state index in [1.165, 1.54) is 12.3 Å². The zero-order chi connectivity index (χ0) is 12.1. The van der Waals surface area contributed by atoms with E-state index in [1.54, 1.807) is 0 Å². The molecule has 1 rings (SSSR count). The number of aromatic nitrogens is 1. The number of carbonyl (C=O) groups excluding carboxylic acids is 1. The first-order valence-electron chi connectivity index (χ1n) is 4.73. The molecule has 16 heavy (non-hydrogen) atoms. The molecule has 7 heteroatoms. The number of hydrogen-bond donors (Lipinski definition) is 2. The molecule has 0 aliphatic heterocycles. The summed E-state index contributed by atoms with van der Waals surface area (Å²) in [6.07, 6.45) is 0.0872. The summed E-state index contributed by atoms with van der Waals surface area (Å²) in [5, 5.41) is 13.0. The first kappa shape index (κ1) is 12.0. The van der Waals surface area contributed by atoms with Gasteiger partial charge < -0.3 is 9.63 Å². The van der Waals surface area contributed by atoms with Gasteiger partial charge in [-0.15, -0.1) is 0 Å². The van der Waals surface area contributed by atoms with E-state index in [1.807, 2.05) is 13.8 Å². The molecule has 0 fully saturated rings. The molecule has 1 aromatic rings. The number of hydrazine groups is 1. The minimum absolute atomic E-state index is 0.0324. The number of hydrogen-bond acceptors (Lipinski definition) is 4. The summed E-state index contributed by atoms with van der Waals surface area (Å²) in [5.41, 5.74) is 2.21. The topological polar surface area (TPSA) is 95.7 Å².